The minimum Gasteiger partial charge on any atom is -0.491 e. The summed E-state index contributed by atoms with van der Waals surface area (Å²) < 4.78 is 19.2. The van der Waals surface area contributed by atoms with E-state index in [1.54, 1.807) is 23.0 Å². The summed E-state index contributed by atoms with van der Waals surface area (Å²) in [4.78, 5) is 29.6. The lowest BCUT2D eigenvalue weighted by atomic mass is 9.53. The molecule has 2 aliphatic carbocycles. The van der Waals surface area contributed by atoms with Gasteiger partial charge in [0, 0.05) is 18.0 Å². The van der Waals surface area contributed by atoms with Crippen molar-refractivity contribution < 1.29 is 23.8 Å². The lowest BCUT2D eigenvalue weighted by Gasteiger charge is -2.57. The maximum Gasteiger partial charge on any atom is 0.255 e. The molecule has 4 heterocycles. The van der Waals surface area contributed by atoms with Crippen molar-refractivity contribution >= 4 is 17.3 Å². The third kappa shape index (κ3) is 5.17. The fraction of sp³-hybridized carbons (Fsp3) is 0.517. The molecule has 3 aromatic rings. The van der Waals surface area contributed by atoms with Crippen LogP contribution in [0.25, 0.3) is 5.52 Å². The number of primary amides is 1. The van der Waals surface area contributed by atoms with Crippen molar-refractivity contribution in [1.29, 1.82) is 0 Å². The SMILES string of the molecule is CC(C)(C)COc1ccc2c(C(=O)NC3CC4(C3)CC(Oc3nc5c(cc3C(N)=O)COCC5)C4)cnn2c1. The summed E-state index contributed by atoms with van der Waals surface area (Å²) in [5.74, 6) is 0.381. The van der Waals surface area contributed by atoms with E-state index in [1.165, 1.54) is 0 Å². The number of ether oxygens (including phenoxy) is 3. The number of nitrogens with two attached hydrogens (primary N) is 1. The molecule has 0 bridgehead atoms. The summed E-state index contributed by atoms with van der Waals surface area (Å²) in [6.07, 6.45) is 7.63. The van der Waals surface area contributed by atoms with Crippen molar-refractivity contribution in [2.75, 3.05) is 13.2 Å². The molecule has 1 aliphatic heterocycles. The number of rotatable bonds is 7. The molecule has 6 rings (SSSR count). The van der Waals surface area contributed by atoms with Gasteiger partial charge in [-0.3, -0.25) is 9.59 Å². The van der Waals surface area contributed by atoms with Crippen LogP contribution in [-0.2, 0) is 17.8 Å². The average molecular weight is 534 g/mol. The van der Waals surface area contributed by atoms with Crippen LogP contribution in [0.5, 0.6) is 11.6 Å². The van der Waals surface area contributed by atoms with E-state index in [1.807, 2.05) is 12.1 Å². The second kappa shape index (κ2) is 9.51. The van der Waals surface area contributed by atoms with Crippen molar-refractivity contribution in [3.05, 3.63) is 53.0 Å². The Morgan fingerprint density at radius 3 is 2.74 bits per heavy atom. The molecule has 2 fully saturated rings. The number of nitrogens with one attached hydrogen (secondary N) is 1. The molecule has 0 radical (unpaired) electrons. The van der Waals surface area contributed by atoms with Gasteiger partial charge in [0.15, 0.2) is 0 Å². The highest BCUT2D eigenvalue weighted by Gasteiger charge is 2.54. The molecule has 0 saturated heterocycles. The molecule has 3 aromatic heterocycles. The van der Waals surface area contributed by atoms with Crippen LogP contribution in [0.3, 0.4) is 0 Å². The first kappa shape index (κ1) is 25.6. The van der Waals surface area contributed by atoms with E-state index >= 15 is 0 Å². The van der Waals surface area contributed by atoms with Crippen LogP contribution in [0.15, 0.2) is 30.6 Å². The van der Waals surface area contributed by atoms with Gasteiger partial charge in [0.2, 0.25) is 5.88 Å². The summed E-state index contributed by atoms with van der Waals surface area (Å²) in [6.45, 7) is 7.98. The Labute approximate surface area is 227 Å². The van der Waals surface area contributed by atoms with Gasteiger partial charge in [-0.25, -0.2) is 9.50 Å². The van der Waals surface area contributed by atoms with Gasteiger partial charge in [-0.2, -0.15) is 5.10 Å². The van der Waals surface area contributed by atoms with Gasteiger partial charge in [-0.05, 0) is 54.7 Å². The van der Waals surface area contributed by atoms with E-state index in [9.17, 15) is 9.59 Å². The van der Waals surface area contributed by atoms with Gasteiger partial charge in [0.25, 0.3) is 11.8 Å². The van der Waals surface area contributed by atoms with Gasteiger partial charge in [-0.15, -0.1) is 0 Å². The normalized spacial score (nSPS) is 24.0. The zero-order valence-electron chi connectivity index (χ0n) is 22.7. The second-order valence-corrected chi connectivity index (χ2v) is 12.4. The predicted molar refractivity (Wildman–Crippen MR) is 143 cm³/mol. The molecule has 0 aromatic carbocycles. The van der Waals surface area contributed by atoms with Crippen molar-refractivity contribution in [3.63, 3.8) is 0 Å². The van der Waals surface area contributed by atoms with Crippen molar-refractivity contribution in [2.24, 2.45) is 16.6 Å². The summed E-state index contributed by atoms with van der Waals surface area (Å²) >= 11 is 0. The smallest absolute Gasteiger partial charge is 0.255 e. The third-order valence-corrected chi connectivity index (χ3v) is 7.86. The number of hydrogen-bond donors (Lipinski definition) is 2. The number of pyridine rings is 2. The van der Waals surface area contributed by atoms with E-state index < -0.39 is 5.91 Å². The molecule has 0 atom stereocenters. The highest BCUT2D eigenvalue weighted by atomic mass is 16.5. The van der Waals surface area contributed by atoms with Crippen LogP contribution < -0.4 is 20.5 Å². The summed E-state index contributed by atoms with van der Waals surface area (Å²) in [5, 5.41) is 7.53. The highest BCUT2D eigenvalue weighted by molar-refractivity contribution is 6.00. The molecule has 0 unspecified atom stereocenters. The third-order valence-electron chi connectivity index (χ3n) is 7.86. The molecule has 1 spiro atoms. The Morgan fingerprint density at radius 1 is 1.21 bits per heavy atom. The van der Waals surface area contributed by atoms with Crippen LogP contribution in [0.2, 0.25) is 0 Å². The van der Waals surface area contributed by atoms with Crippen molar-refractivity contribution in [1.82, 2.24) is 19.9 Å². The van der Waals surface area contributed by atoms with Crippen LogP contribution >= 0.6 is 0 Å². The van der Waals surface area contributed by atoms with E-state index in [-0.39, 0.29) is 28.9 Å². The Balaban J connectivity index is 1.02. The van der Waals surface area contributed by atoms with Gasteiger partial charge in [0.1, 0.15) is 17.4 Å². The number of carbonyl (C=O) groups is 2. The molecule has 3 N–H and O–H groups in total. The molecule has 206 valence electrons. The number of carbonyl (C=O) groups excluding carboxylic acids is 2. The summed E-state index contributed by atoms with van der Waals surface area (Å²) in [5.41, 5.74) is 9.22. The fourth-order valence-corrected chi connectivity index (χ4v) is 5.89. The van der Waals surface area contributed by atoms with E-state index in [2.05, 4.69) is 36.2 Å². The quantitative estimate of drug-likeness (QED) is 0.476. The Morgan fingerprint density at radius 2 is 2.00 bits per heavy atom. The maximum absolute atomic E-state index is 13.0. The topological polar surface area (TPSA) is 130 Å². The Hall–Kier alpha value is -3.66. The molecule has 10 nitrogen and oxygen atoms in total. The molecule has 39 heavy (non-hydrogen) atoms. The number of aromatic nitrogens is 3. The van der Waals surface area contributed by atoms with E-state index in [0.29, 0.717) is 43.2 Å². The standard InChI is InChI=1S/C29H35N5O5/c1-28(2,3)16-38-19-4-5-24-22(13-31-34(24)14-19)26(36)32-18-9-29(10-18)11-20(12-29)39-27-21(25(30)35)8-17-15-37-7-6-23(17)33-27/h4-5,8,13-14,18,20H,6-7,9-12,15-16H2,1-3H3,(H2,30,35)(H,32,36). The van der Waals surface area contributed by atoms with Gasteiger partial charge < -0.3 is 25.3 Å². The van der Waals surface area contributed by atoms with Gasteiger partial charge in [0.05, 0.1) is 49.0 Å². The molecule has 2 saturated carbocycles. The van der Waals surface area contributed by atoms with Crippen molar-refractivity contribution in [2.45, 2.75) is 71.6 Å². The van der Waals surface area contributed by atoms with Crippen LogP contribution in [-0.4, -0.2) is 51.8 Å². The van der Waals surface area contributed by atoms with Gasteiger partial charge >= 0.3 is 0 Å². The zero-order chi connectivity index (χ0) is 27.4. The Kier molecular flexibility index (Phi) is 6.25. The first-order valence-electron chi connectivity index (χ1n) is 13.6. The first-order valence-corrected chi connectivity index (χ1v) is 13.6. The number of fused-ring (bicyclic) bond motifs is 2. The molecule has 2 amide bonds. The number of nitrogens with zero attached hydrogens (tertiary/aromatic N) is 3. The Bertz CT molecular complexity index is 1430. The van der Waals surface area contributed by atoms with Crippen LogP contribution in [0.1, 0.15) is 78.4 Å². The average Bonchev–Trinajstić information content (AvgIpc) is 3.27. The second-order valence-electron chi connectivity index (χ2n) is 12.4. The summed E-state index contributed by atoms with van der Waals surface area (Å²) in [6, 6.07) is 5.62. The maximum atomic E-state index is 13.0. The number of hydrogen-bond acceptors (Lipinski definition) is 7. The number of amides is 2. The van der Waals surface area contributed by atoms with Crippen LogP contribution in [0, 0.1) is 10.8 Å². The highest BCUT2D eigenvalue weighted by Crippen LogP contribution is 2.57. The molecular weight excluding hydrogens is 498 g/mol. The monoisotopic (exact) mass is 533 g/mol. The minimum atomic E-state index is -0.548. The lowest BCUT2D eigenvalue weighted by molar-refractivity contribution is -0.0849. The van der Waals surface area contributed by atoms with E-state index in [0.717, 1.165) is 48.2 Å². The van der Waals surface area contributed by atoms with E-state index in [4.69, 9.17) is 19.9 Å². The molecule has 10 heteroatoms. The molecular formula is C29H35N5O5. The van der Waals surface area contributed by atoms with Crippen molar-refractivity contribution in [3.8, 4) is 11.6 Å². The van der Waals surface area contributed by atoms with Gasteiger partial charge in [-0.1, -0.05) is 20.8 Å². The lowest BCUT2D eigenvalue weighted by Crippen LogP contribution is -2.58. The van der Waals surface area contributed by atoms with Crippen LogP contribution in [0.4, 0.5) is 0 Å². The zero-order valence-corrected chi connectivity index (χ0v) is 22.7. The first-order chi connectivity index (χ1) is 18.6. The minimum absolute atomic E-state index is 0.0144. The summed E-state index contributed by atoms with van der Waals surface area (Å²) in [7, 11) is 0. The predicted octanol–water partition coefficient (Wildman–Crippen LogP) is 3.45. The fourth-order valence-electron chi connectivity index (χ4n) is 5.89. The largest absolute Gasteiger partial charge is 0.491 e. The molecule has 3 aliphatic rings.